The summed E-state index contributed by atoms with van der Waals surface area (Å²) in [6.45, 7) is 5.81. The minimum atomic E-state index is -0.284. The fourth-order valence-electron chi connectivity index (χ4n) is 3.24. The van der Waals surface area contributed by atoms with Crippen molar-refractivity contribution in [1.82, 2.24) is 15.1 Å². The Bertz CT molecular complexity index is 588. The largest absolute Gasteiger partial charge is 0.385 e. The molecule has 150 valence electrons. The zero-order valence-corrected chi connectivity index (χ0v) is 16.4. The number of nitrogens with one attached hydrogen (secondary N) is 1. The first-order valence-electron chi connectivity index (χ1n) is 9.62. The summed E-state index contributed by atoms with van der Waals surface area (Å²) in [6.07, 6.45) is 1.11. The number of benzene rings is 1. The Hall–Kier alpha value is -1.96. The summed E-state index contributed by atoms with van der Waals surface area (Å²) in [5.41, 5.74) is 7.14. The van der Waals surface area contributed by atoms with Gasteiger partial charge in [0, 0.05) is 58.9 Å². The maximum absolute atomic E-state index is 12.5. The Morgan fingerprint density at radius 1 is 1.19 bits per heavy atom. The SMILES string of the molecule is COCCCNC(=O)C(C)N1CCN(C(=O)CC(N)c2ccccc2)CC1. The summed E-state index contributed by atoms with van der Waals surface area (Å²) < 4.78 is 4.98. The summed E-state index contributed by atoms with van der Waals surface area (Å²) in [6, 6.07) is 9.21. The first-order chi connectivity index (χ1) is 13.0. The van der Waals surface area contributed by atoms with Gasteiger partial charge in [-0.1, -0.05) is 30.3 Å². The van der Waals surface area contributed by atoms with Crippen LogP contribution in [0.4, 0.5) is 0 Å². The Morgan fingerprint density at radius 3 is 2.48 bits per heavy atom. The predicted octanol–water partition coefficient (Wildman–Crippen LogP) is 0.762. The van der Waals surface area contributed by atoms with Gasteiger partial charge in [-0.2, -0.15) is 0 Å². The Morgan fingerprint density at radius 2 is 1.85 bits per heavy atom. The van der Waals surface area contributed by atoms with E-state index in [1.54, 1.807) is 7.11 Å². The van der Waals surface area contributed by atoms with Crippen LogP contribution in [0.5, 0.6) is 0 Å². The van der Waals surface area contributed by atoms with Crippen molar-refractivity contribution in [3.63, 3.8) is 0 Å². The van der Waals surface area contributed by atoms with Crippen molar-refractivity contribution in [3.05, 3.63) is 35.9 Å². The summed E-state index contributed by atoms with van der Waals surface area (Å²) in [5.74, 6) is 0.0969. The number of piperazine rings is 1. The fourth-order valence-corrected chi connectivity index (χ4v) is 3.24. The van der Waals surface area contributed by atoms with Crippen LogP contribution in [-0.2, 0) is 14.3 Å². The molecular weight excluding hydrogens is 344 g/mol. The standard InChI is InChI=1S/C20H32N4O3/c1-16(20(26)22-9-6-14-27-2)23-10-12-24(13-11-23)19(25)15-18(21)17-7-4-3-5-8-17/h3-5,7-8,16,18H,6,9-15,21H2,1-2H3,(H,22,26). The van der Waals surface area contributed by atoms with E-state index in [4.69, 9.17) is 10.5 Å². The molecule has 0 aliphatic carbocycles. The maximum Gasteiger partial charge on any atom is 0.237 e. The molecule has 1 fully saturated rings. The van der Waals surface area contributed by atoms with Crippen molar-refractivity contribution in [2.45, 2.75) is 31.8 Å². The third-order valence-corrected chi connectivity index (χ3v) is 5.04. The number of hydrogen-bond acceptors (Lipinski definition) is 5. The zero-order valence-electron chi connectivity index (χ0n) is 16.4. The van der Waals surface area contributed by atoms with Crippen molar-refractivity contribution in [2.75, 3.05) is 46.4 Å². The smallest absolute Gasteiger partial charge is 0.237 e. The van der Waals surface area contributed by atoms with Crippen molar-refractivity contribution in [3.8, 4) is 0 Å². The van der Waals surface area contributed by atoms with Gasteiger partial charge in [0.25, 0.3) is 0 Å². The number of nitrogens with two attached hydrogens (primary N) is 1. The molecule has 2 rings (SSSR count). The lowest BCUT2D eigenvalue weighted by atomic mass is 10.0. The van der Waals surface area contributed by atoms with Crippen LogP contribution in [0.15, 0.2) is 30.3 Å². The summed E-state index contributed by atoms with van der Waals surface area (Å²) in [5, 5.41) is 2.94. The molecule has 0 spiro atoms. The van der Waals surface area contributed by atoms with E-state index >= 15 is 0 Å². The molecule has 1 aromatic carbocycles. The number of carbonyl (C=O) groups excluding carboxylic acids is 2. The molecule has 3 N–H and O–H groups in total. The second kappa shape index (κ2) is 11.0. The van der Waals surface area contributed by atoms with Gasteiger partial charge in [0.05, 0.1) is 6.04 Å². The number of hydrogen-bond donors (Lipinski definition) is 2. The van der Waals surface area contributed by atoms with Gasteiger partial charge in [-0.05, 0) is 18.9 Å². The topological polar surface area (TPSA) is 87.9 Å². The molecule has 1 heterocycles. The molecule has 7 heteroatoms. The molecular formula is C20H32N4O3. The number of nitrogens with zero attached hydrogens (tertiary/aromatic N) is 2. The molecule has 2 amide bonds. The van der Waals surface area contributed by atoms with Crippen LogP contribution in [0.1, 0.15) is 31.4 Å². The summed E-state index contributed by atoms with van der Waals surface area (Å²) in [4.78, 5) is 28.7. The molecule has 2 unspecified atom stereocenters. The maximum atomic E-state index is 12.5. The zero-order chi connectivity index (χ0) is 19.6. The lowest BCUT2D eigenvalue weighted by Crippen LogP contribution is -2.55. The van der Waals surface area contributed by atoms with E-state index in [2.05, 4.69) is 10.2 Å². The van der Waals surface area contributed by atoms with Crippen LogP contribution in [0.3, 0.4) is 0 Å². The highest BCUT2D eigenvalue weighted by atomic mass is 16.5. The van der Waals surface area contributed by atoms with Gasteiger partial charge in [0.15, 0.2) is 0 Å². The quantitative estimate of drug-likeness (QED) is 0.622. The van der Waals surface area contributed by atoms with Crippen LogP contribution >= 0.6 is 0 Å². The predicted molar refractivity (Wildman–Crippen MR) is 105 cm³/mol. The minimum absolute atomic E-state index is 0.0250. The van der Waals surface area contributed by atoms with Gasteiger partial charge in [-0.3, -0.25) is 14.5 Å². The average Bonchev–Trinajstić information content (AvgIpc) is 2.71. The highest BCUT2D eigenvalue weighted by molar-refractivity contribution is 5.81. The molecule has 0 bridgehead atoms. The molecule has 2 atom stereocenters. The first-order valence-corrected chi connectivity index (χ1v) is 9.62. The van der Waals surface area contributed by atoms with E-state index in [1.807, 2.05) is 42.2 Å². The highest BCUT2D eigenvalue weighted by Gasteiger charge is 2.27. The monoisotopic (exact) mass is 376 g/mol. The van der Waals surface area contributed by atoms with E-state index < -0.39 is 0 Å². The summed E-state index contributed by atoms with van der Waals surface area (Å²) in [7, 11) is 1.65. The molecule has 1 saturated heterocycles. The molecule has 1 aromatic rings. The van der Waals surface area contributed by atoms with Crippen LogP contribution < -0.4 is 11.1 Å². The van der Waals surface area contributed by atoms with E-state index in [0.717, 1.165) is 12.0 Å². The van der Waals surface area contributed by atoms with Crippen molar-refractivity contribution < 1.29 is 14.3 Å². The highest BCUT2D eigenvalue weighted by Crippen LogP contribution is 2.16. The van der Waals surface area contributed by atoms with Crippen LogP contribution in [-0.4, -0.2) is 74.1 Å². The van der Waals surface area contributed by atoms with Crippen molar-refractivity contribution in [1.29, 1.82) is 0 Å². The Kier molecular flexibility index (Phi) is 8.71. The van der Waals surface area contributed by atoms with Gasteiger partial charge in [0.1, 0.15) is 0 Å². The van der Waals surface area contributed by atoms with Crippen molar-refractivity contribution >= 4 is 11.8 Å². The Balaban J connectivity index is 1.74. The number of rotatable bonds is 9. The number of ether oxygens (including phenoxy) is 1. The van der Waals surface area contributed by atoms with Gasteiger partial charge in [0.2, 0.25) is 11.8 Å². The molecule has 1 aliphatic heterocycles. The van der Waals surface area contributed by atoms with Crippen LogP contribution in [0, 0.1) is 0 Å². The molecule has 7 nitrogen and oxygen atoms in total. The number of amides is 2. The fraction of sp³-hybridized carbons (Fsp3) is 0.600. The first kappa shape index (κ1) is 21.3. The average molecular weight is 377 g/mol. The van der Waals surface area contributed by atoms with Crippen LogP contribution in [0.2, 0.25) is 0 Å². The molecule has 1 aliphatic rings. The van der Waals surface area contributed by atoms with E-state index in [1.165, 1.54) is 0 Å². The molecule has 0 aromatic heterocycles. The van der Waals surface area contributed by atoms with E-state index in [-0.39, 0.29) is 23.9 Å². The third-order valence-electron chi connectivity index (χ3n) is 5.04. The van der Waals surface area contributed by atoms with Crippen molar-refractivity contribution in [2.24, 2.45) is 5.73 Å². The lowest BCUT2D eigenvalue weighted by Gasteiger charge is -2.37. The molecule has 0 saturated carbocycles. The van der Waals surface area contributed by atoms with E-state index in [0.29, 0.717) is 45.8 Å². The van der Waals surface area contributed by atoms with Gasteiger partial charge in [-0.15, -0.1) is 0 Å². The minimum Gasteiger partial charge on any atom is -0.385 e. The third kappa shape index (κ3) is 6.61. The van der Waals surface area contributed by atoms with Gasteiger partial charge < -0.3 is 20.7 Å². The van der Waals surface area contributed by atoms with Gasteiger partial charge >= 0.3 is 0 Å². The number of methoxy groups -OCH3 is 1. The van der Waals surface area contributed by atoms with Gasteiger partial charge in [-0.25, -0.2) is 0 Å². The lowest BCUT2D eigenvalue weighted by molar-refractivity contribution is -0.134. The Labute approximate surface area is 161 Å². The second-order valence-electron chi connectivity index (χ2n) is 6.95. The summed E-state index contributed by atoms with van der Waals surface area (Å²) >= 11 is 0. The van der Waals surface area contributed by atoms with Crippen LogP contribution in [0.25, 0.3) is 0 Å². The molecule has 27 heavy (non-hydrogen) atoms. The second-order valence-corrected chi connectivity index (χ2v) is 6.95. The normalized spacial score (nSPS) is 17.4. The molecule has 0 radical (unpaired) electrons. The van der Waals surface area contributed by atoms with E-state index in [9.17, 15) is 9.59 Å². The number of carbonyl (C=O) groups is 2.